The van der Waals surface area contributed by atoms with Gasteiger partial charge in [-0.15, -0.1) is 0 Å². The number of rotatable bonds is 11. The van der Waals surface area contributed by atoms with Crippen LogP contribution < -0.4 is 23.8 Å². The quantitative estimate of drug-likeness (QED) is 0.0979. The first-order chi connectivity index (χ1) is 21.3. The number of thiazole rings is 1. The minimum atomic E-state index is -1.12. The summed E-state index contributed by atoms with van der Waals surface area (Å²) in [5.41, 5.74) is 0.873. The van der Waals surface area contributed by atoms with Gasteiger partial charge in [0.2, 0.25) is 0 Å². The fourth-order valence-corrected chi connectivity index (χ4v) is 5.85. The van der Waals surface area contributed by atoms with Gasteiger partial charge in [0.15, 0.2) is 28.1 Å². The molecule has 1 fully saturated rings. The monoisotopic (exact) mass is 620 g/mol. The van der Waals surface area contributed by atoms with Crippen LogP contribution in [-0.2, 0) is 14.3 Å². The molecule has 12 heteroatoms. The third kappa shape index (κ3) is 5.85. The maximum Gasteiger partial charge on any atom is 0.350 e. The van der Waals surface area contributed by atoms with Crippen LogP contribution in [0.2, 0.25) is 0 Å². The molecule has 1 aromatic heterocycles. The molecule has 5 rings (SSSR count). The number of aliphatic hydroxyl groups excluding tert-OH is 1. The predicted octanol–water partition coefficient (Wildman–Crippen LogP) is 5.38. The summed E-state index contributed by atoms with van der Waals surface area (Å²) in [5.74, 6) is -1.06. The van der Waals surface area contributed by atoms with Gasteiger partial charge in [-0.25, -0.2) is 9.78 Å². The van der Waals surface area contributed by atoms with E-state index in [1.807, 2.05) is 13.8 Å². The van der Waals surface area contributed by atoms with Gasteiger partial charge in [-0.2, -0.15) is 0 Å². The van der Waals surface area contributed by atoms with E-state index >= 15 is 0 Å². The molecule has 44 heavy (non-hydrogen) atoms. The van der Waals surface area contributed by atoms with E-state index in [4.69, 9.17) is 23.7 Å². The van der Waals surface area contributed by atoms with Gasteiger partial charge in [-0.3, -0.25) is 14.5 Å². The number of aryl methyl sites for hydroxylation is 1. The molecule has 1 N–H and O–H groups in total. The molecule has 1 atom stereocenters. The first kappa shape index (κ1) is 30.6. The molecule has 0 bridgehead atoms. The van der Waals surface area contributed by atoms with Crippen molar-refractivity contribution in [3.8, 4) is 23.0 Å². The Kier molecular flexibility index (Phi) is 9.19. The number of carbonyl (C=O) groups is 3. The lowest BCUT2D eigenvalue weighted by atomic mass is 9.95. The molecule has 1 amide bonds. The predicted molar refractivity (Wildman–Crippen MR) is 163 cm³/mol. The van der Waals surface area contributed by atoms with E-state index in [2.05, 4.69) is 11.6 Å². The fourth-order valence-electron chi connectivity index (χ4n) is 4.86. The topological polar surface area (TPSA) is 134 Å². The molecular formula is C32H32N2O9S. The SMILES string of the molecule is C=CCOC(=O)c1sc(N2C(=O)C(=O)/C(=C(/O)c3ccc4c(c3)OCCO4)[C@@H]2c2ccc(OCCC)c(OCC)c2)nc1C. The van der Waals surface area contributed by atoms with E-state index < -0.39 is 29.5 Å². The third-order valence-electron chi connectivity index (χ3n) is 6.81. The Morgan fingerprint density at radius 1 is 1.11 bits per heavy atom. The molecule has 2 aliphatic rings. The number of nitrogens with zero attached hydrogens (tertiary/aromatic N) is 2. The van der Waals surface area contributed by atoms with E-state index in [0.717, 1.165) is 17.8 Å². The number of ether oxygens (including phenoxy) is 5. The molecule has 230 valence electrons. The summed E-state index contributed by atoms with van der Waals surface area (Å²) in [6.07, 6.45) is 2.22. The van der Waals surface area contributed by atoms with Crippen molar-refractivity contribution in [1.82, 2.24) is 4.98 Å². The van der Waals surface area contributed by atoms with Gasteiger partial charge in [0, 0.05) is 5.56 Å². The van der Waals surface area contributed by atoms with E-state index in [1.165, 1.54) is 11.0 Å². The Balaban J connectivity index is 1.67. The Labute approximate surface area is 258 Å². The van der Waals surface area contributed by atoms with Gasteiger partial charge in [-0.1, -0.05) is 37.0 Å². The Morgan fingerprint density at radius 3 is 2.61 bits per heavy atom. The van der Waals surface area contributed by atoms with Crippen molar-refractivity contribution in [3.05, 3.63) is 76.3 Å². The number of fused-ring (bicyclic) bond motifs is 1. The van der Waals surface area contributed by atoms with Gasteiger partial charge >= 0.3 is 11.9 Å². The Bertz CT molecular complexity index is 1640. The molecule has 0 unspecified atom stereocenters. The second kappa shape index (κ2) is 13.2. The van der Waals surface area contributed by atoms with Crippen molar-refractivity contribution >= 4 is 39.9 Å². The number of hydrogen-bond acceptors (Lipinski definition) is 11. The van der Waals surface area contributed by atoms with E-state index in [-0.39, 0.29) is 27.8 Å². The van der Waals surface area contributed by atoms with Crippen LogP contribution in [0.5, 0.6) is 23.0 Å². The number of Topliss-reactive ketones (excluding diaryl/α,β-unsaturated/α-hetero) is 1. The normalized spacial score (nSPS) is 17.0. The maximum absolute atomic E-state index is 13.7. The van der Waals surface area contributed by atoms with E-state index in [1.54, 1.807) is 43.3 Å². The summed E-state index contributed by atoms with van der Waals surface area (Å²) < 4.78 is 28.2. The van der Waals surface area contributed by atoms with E-state index in [0.29, 0.717) is 60.7 Å². The highest BCUT2D eigenvalue weighted by molar-refractivity contribution is 7.17. The molecule has 2 aromatic carbocycles. The number of aliphatic hydroxyl groups is 1. The highest BCUT2D eigenvalue weighted by atomic mass is 32.1. The number of carbonyl (C=O) groups excluding carboxylic acids is 3. The summed E-state index contributed by atoms with van der Waals surface area (Å²) in [5, 5.41) is 11.7. The van der Waals surface area contributed by atoms with Gasteiger partial charge in [-0.05, 0) is 56.2 Å². The van der Waals surface area contributed by atoms with Crippen LogP contribution in [0.15, 0.2) is 54.6 Å². The zero-order valence-electron chi connectivity index (χ0n) is 24.6. The van der Waals surface area contributed by atoms with Crippen molar-refractivity contribution < 1.29 is 43.2 Å². The Morgan fingerprint density at radius 2 is 1.89 bits per heavy atom. The van der Waals surface area contributed by atoms with Crippen molar-refractivity contribution in [1.29, 1.82) is 0 Å². The van der Waals surface area contributed by atoms with Gasteiger partial charge in [0.1, 0.15) is 30.5 Å². The molecule has 0 radical (unpaired) electrons. The average molecular weight is 621 g/mol. The summed E-state index contributed by atoms with van der Waals surface area (Å²) in [6.45, 7) is 10.5. The smallest absolute Gasteiger partial charge is 0.350 e. The number of hydrogen-bond donors (Lipinski definition) is 1. The molecule has 2 aliphatic heterocycles. The fraction of sp³-hybridized carbons (Fsp3) is 0.312. The molecule has 11 nitrogen and oxygen atoms in total. The van der Waals surface area contributed by atoms with Gasteiger partial charge in [0.25, 0.3) is 5.78 Å². The zero-order valence-corrected chi connectivity index (χ0v) is 25.4. The molecule has 0 spiro atoms. The lowest BCUT2D eigenvalue weighted by Gasteiger charge is -2.24. The molecule has 0 aliphatic carbocycles. The average Bonchev–Trinajstić information content (AvgIpc) is 3.54. The molecule has 0 saturated carbocycles. The Hall–Kier alpha value is -4.84. The standard InChI is InChI=1S/C32H32N2O9S/c1-5-12-40-21-10-8-19(16-23(21)39-7-3)26-25(27(35)20-9-11-22-24(17-20)42-15-14-41-22)28(36)30(37)34(26)32-33-18(4)29(44-32)31(38)43-13-6-2/h6,8-11,16-17,26,35H,2,5,7,12-15H2,1,3-4H3/b27-25+/t26-/m0/s1. The van der Waals surface area contributed by atoms with Crippen molar-refractivity contribution in [2.45, 2.75) is 33.2 Å². The van der Waals surface area contributed by atoms with Crippen LogP contribution in [0.1, 0.15) is 52.8 Å². The van der Waals surface area contributed by atoms with Crippen LogP contribution in [0.3, 0.4) is 0 Å². The minimum Gasteiger partial charge on any atom is -0.507 e. The molecule has 3 heterocycles. The van der Waals surface area contributed by atoms with Crippen LogP contribution in [-0.4, -0.2) is 60.8 Å². The third-order valence-corrected chi connectivity index (χ3v) is 7.95. The first-order valence-electron chi connectivity index (χ1n) is 14.1. The molecular weight excluding hydrogens is 588 g/mol. The van der Waals surface area contributed by atoms with Crippen LogP contribution in [0.4, 0.5) is 5.13 Å². The maximum atomic E-state index is 13.7. The second-order valence-electron chi connectivity index (χ2n) is 9.81. The molecule has 3 aromatic rings. The number of benzene rings is 2. The highest BCUT2D eigenvalue weighted by Gasteiger charge is 2.49. The van der Waals surface area contributed by atoms with Crippen LogP contribution in [0, 0.1) is 6.92 Å². The summed E-state index contributed by atoms with van der Waals surface area (Å²) >= 11 is 0.913. The number of amides is 1. The number of aromatic nitrogens is 1. The van der Waals surface area contributed by atoms with Crippen molar-refractivity contribution in [2.24, 2.45) is 0 Å². The summed E-state index contributed by atoms with van der Waals surface area (Å²) in [6, 6.07) is 8.73. The van der Waals surface area contributed by atoms with Crippen LogP contribution >= 0.6 is 11.3 Å². The number of ketones is 1. The van der Waals surface area contributed by atoms with E-state index in [9.17, 15) is 19.5 Å². The second-order valence-corrected chi connectivity index (χ2v) is 10.8. The summed E-state index contributed by atoms with van der Waals surface area (Å²) in [4.78, 5) is 46.0. The highest BCUT2D eigenvalue weighted by Crippen LogP contribution is 2.46. The first-order valence-corrected chi connectivity index (χ1v) is 15.0. The minimum absolute atomic E-state index is 0.00178. The lowest BCUT2D eigenvalue weighted by molar-refractivity contribution is -0.132. The number of anilines is 1. The largest absolute Gasteiger partial charge is 0.507 e. The molecule has 1 saturated heterocycles. The lowest BCUT2D eigenvalue weighted by Crippen LogP contribution is -2.29. The zero-order chi connectivity index (χ0) is 31.4. The van der Waals surface area contributed by atoms with Crippen molar-refractivity contribution in [3.63, 3.8) is 0 Å². The van der Waals surface area contributed by atoms with Crippen molar-refractivity contribution in [2.75, 3.05) is 37.9 Å². The van der Waals surface area contributed by atoms with Gasteiger partial charge < -0.3 is 28.8 Å². The summed E-state index contributed by atoms with van der Waals surface area (Å²) in [7, 11) is 0. The number of esters is 1. The van der Waals surface area contributed by atoms with Gasteiger partial charge in [0.05, 0.1) is 30.5 Å². The van der Waals surface area contributed by atoms with Crippen LogP contribution in [0.25, 0.3) is 5.76 Å².